The molecule has 3 saturated carbocycles. The maximum atomic E-state index is 12.4. The molecule has 14 heteroatoms. The monoisotopic (exact) mass is 874 g/mol. The van der Waals surface area contributed by atoms with Crippen molar-refractivity contribution < 1.29 is 54.3 Å². The molecule has 0 bridgehead atoms. The third-order valence-electron chi connectivity index (χ3n) is 15.8. The van der Waals surface area contributed by atoms with E-state index in [0.29, 0.717) is 36.1 Å². The van der Waals surface area contributed by atoms with Gasteiger partial charge in [-0.2, -0.15) is 0 Å². The zero-order valence-corrected chi connectivity index (χ0v) is 38.7. The van der Waals surface area contributed by atoms with Crippen LogP contribution in [0.2, 0.25) is 0 Å². The van der Waals surface area contributed by atoms with Crippen molar-refractivity contribution in [3.8, 4) is 0 Å². The fourth-order valence-corrected chi connectivity index (χ4v) is 12.5. The zero-order chi connectivity index (χ0) is 45.5. The number of unbranched alkanes of at least 4 members (excludes halogenated alkanes) is 2. The van der Waals surface area contributed by atoms with Crippen molar-refractivity contribution in [3.63, 3.8) is 0 Å². The van der Waals surface area contributed by atoms with E-state index in [4.69, 9.17) is 10.2 Å². The number of nitrogens with two attached hydrogens (primary N) is 1. The van der Waals surface area contributed by atoms with Gasteiger partial charge in [-0.25, -0.2) is 14.4 Å². The van der Waals surface area contributed by atoms with Crippen molar-refractivity contribution in [1.82, 2.24) is 16.0 Å². The summed E-state index contributed by atoms with van der Waals surface area (Å²) in [6.45, 7) is 13.0. The number of carboxylic acids is 3. The molecule has 0 heterocycles. The van der Waals surface area contributed by atoms with E-state index < -0.39 is 37.0 Å². The number of amides is 3. The van der Waals surface area contributed by atoms with Crippen LogP contribution in [0.3, 0.4) is 0 Å². The molecule has 0 spiro atoms. The lowest BCUT2D eigenvalue weighted by atomic mass is 9.47. The highest BCUT2D eigenvalue weighted by molar-refractivity contribution is 5.80. The fraction of sp³-hybridized carbons (Fsp3) is 0.833. The van der Waals surface area contributed by atoms with E-state index in [0.717, 1.165) is 54.9 Å². The number of carbonyl (C=O) groups excluding carboxylic acids is 3. The van der Waals surface area contributed by atoms with E-state index in [1.165, 1.54) is 70.6 Å². The van der Waals surface area contributed by atoms with Crippen molar-refractivity contribution in [2.75, 3.05) is 39.3 Å². The number of carboxylic acid groups (broad SMARTS) is 3. The van der Waals surface area contributed by atoms with Gasteiger partial charge in [0.1, 0.15) is 0 Å². The van der Waals surface area contributed by atoms with Gasteiger partial charge in [0.15, 0.2) is 19.1 Å². The Balaban J connectivity index is 1.03. The number of quaternary nitrogens is 2. The minimum absolute atomic E-state index is 0.0550. The van der Waals surface area contributed by atoms with Gasteiger partial charge in [0.05, 0.1) is 12.6 Å². The summed E-state index contributed by atoms with van der Waals surface area (Å²) in [5.41, 5.74) is 2.63. The second-order valence-electron chi connectivity index (χ2n) is 20.5. The maximum absolute atomic E-state index is 12.4. The summed E-state index contributed by atoms with van der Waals surface area (Å²) >= 11 is 0. The summed E-state index contributed by atoms with van der Waals surface area (Å²) in [4.78, 5) is 70.6. The van der Waals surface area contributed by atoms with Gasteiger partial charge in [-0.1, -0.05) is 65.5 Å². The molecule has 14 nitrogen and oxygen atoms in total. The molecule has 9 unspecified atom stereocenters. The molecule has 352 valence electrons. The maximum Gasteiger partial charge on any atom is 0.362 e. The molecule has 0 saturated heterocycles. The first-order valence-corrected chi connectivity index (χ1v) is 24.3. The second-order valence-corrected chi connectivity index (χ2v) is 20.5. The topological polar surface area (TPSA) is 220 Å². The lowest BCUT2D eigenvalue weighted by Crippen LogP contribution is -3.18. The molecule has 9 N–H and O–H groups in total. The molecule has 0 aromatic carbocycles. The Bertz CT molecular complexity index is 1540. The van der Waals surface area contributed by atoms with E-state index in [2.05, 4.69) is 62.0 Å². The molecule has 9 atom stereocenters. The van der Waals surface area contributed by atoms with E-state index in [1.807, 2.05) is 0 Å². The van der Waals surface area contributed by atoms with Gasteiger partial charge in [-0.05, 0) is 111 Å². The van der Waals surface area contributed by atoms with Crippen molar-refractivity contribution in [1.29, 1.82) is 0 Å². The van der Waals surface area contributed by atoms with Crippen LogP contribution in [0.15, 0.2) is 11.6 Å². The molecule has 4 aliphatic carbocycles. The summed E-state index contributed by atoms with van der Waals surface area (Å²) in [6.07, 6.45) is 20.9. The minimum atomic E-state index is -1.29. The molecular formula is C48H83N5O9+2. The molecule has 4 rings (SSSR count). The van der Waals surface area contributed by atoms with Crippen LogP contribution in [0.25, 0.3) is 0 Å². The van der Waals surface area contributed by atoms with Crippen LogP contribution in [0.4, 0.5) is 0 Å². The van der Waals surface area contributed by atoms with E-state index in [9.17, 15) is 33.9 Å². The lowest BCUT2D eigenvalue weighted by Gasteiger charge is -2.58. The summed E-state index contributed by atoms with van der Waals surface area (Å²) in [5.74, 6) is 0.687. The van der Waals surface area contributed by atoms with Crippen LogP contribution >= 0.6 is 0 Å². The Hall–Kier alpha value is -3.52. The highest BCUT2D eigenvalue weighted by Gasteiger charge is 2.59. The van der Waals surface area contributed by atoms with E-state index >= 15 is 0 Å². The van der Waals surface area contributed by atoms with Gasteiger partial charge >= 0.3 is 17.9 Å². The van der Waals surface area contributed by atoms with Gasteiger partial charge in [-0.15, -0.1) is 0 Å². The Morgan fingerprint density at radius 3 is 2.00 bits per heavy atom. The first-order chi connectivity index (χ1) is 29.4. The smallest absolute Gasteiger partial charge is 0.362 e. The average Bonchev–Trinajstić information content (AvgIpc) is 3.55. The molecule has 4 aliphatic rings. The van der Waals surface area contributed by atoms with Crippen molar-refractivity contribution >= 4 is 35.6 Å². The molecular weight excluding hydrogens is 791 g/mol. The van der Waals surface area contributed by atoms with Crippen LogP contribution in [0.1, 0.15) is 157 Å². The molecule has 0 aromatic rings. The third kappa shape index (κ3) is 14.8. The predicted molar refractivity (Wildman–Crippen MR) is 237 cm³/mol. The number of aliphatic carboxylic acids is 3. The molecule has 3 amide bonds. The van der Waals surface area contributed by atoms with Gasteiger partial charge in [0, 0.05) is 58.2 Å². The van der Waals surface area contributed by atoms with Gasteiger partial charge in [-0.3, -0.25) is 14.4 Å². The Morgan fingerprint density at radius 1 is 0.726 bits per heavy atom. The normalized spacial score (nSPS) is 27.6. The van der Waals surface area contributed by atoms with E-state index in [1.54, 1.807) is 5.57 Å². The summed E-state index contributed by atoms with van der Waals surface area (Å²) in [7, 11) is 0. The summed E-state index contributed by atoms with van der Waals surface area (Å²) in [6, 6.07) is -0.566. The van der Waals surface area contributed by atoms with Gasteiger partial charge in [0.25, 0.3) is 0 Å². The van der Waals surface area contributed by atoms with Crippen LogP contribution in [0, 0.1) is 46.3 Å². The standard InChI is InChI=1S/C48H81N5O9/c1-32(2)11-10-12-33(3)37-17-18-38-36-16-15-34-29-35(19-23-47(34,4)39(36)20-24-48(37,38)5)49-25-9-7-14-41(54)51-27-22-43(56)52-28-21-42(55)50-26-8-6-13-40(46(61)62)53(30-44(57)58)31-45(59)60/h15,32-33,35-40,49H,6-14,16-31H2,1-5H3,(H,50,55)(H,51,54)(H,52,56)(H,57,58)(H,59,60)(H,61,62)/p+2. The summed E-state index contributed by atoms with van der Waals surface area (Å²) in [5, 5.41) is 38.3. The van der Waals surface area contributed by atoms with Gasteiger partial charge in [0.2, 0.25) is 17.7 Å². The quantitative estimate of drug-likeness (QED) is 0.0421. The number of nitrogens with one attached hydrogen (secondary N) is 4. The minimum Gasteiger partial charge on any atom is -0.477 e. The SMILES string of the molecule is CC(C)CCCC(C)C1CCC2C3CC=C4CC([NH2+]CCCCC(=O)NCCC(=O)NCCC(=O)NCCCCC(C(=O)O)[NH+](CC(=O)O)CC(=O)O)CCC4(C)C3CCC12C. The lowest BCUT2D eigenvalue weighted by molar-refractivity contribution is -0.902. The first-order valence-electron chi connectivity index (χ1n) is 24.3. The predicted octanol–water partition coefficient (Wildman–Crippen LogP) is 3.94. The second kappa shape index (κ2) is 24.5. The van der Waals surface area contributed by atoms with Gasteiger partial charge < -0.3 is 41.5 Å². The Morgan fingerprint density at radius 2 is 1.37 bits per heavy atom. The molecule has 0 aromatic heterocycles. The zero-order valence-electron chi connectivity index (χ0n) is 38.7. The van der Waals surface area contributed by atoms with Crippen molar-refractivity contribution in [3.05, 3.63) is 11.6 Å². The molecule has 3 fully saturated rings. The number of hydrogen-bond donors (Lipinski definition) is 8. The number of carbonyl (C=O) groups is 6. The first kappa shape index (κ1) is 51.1. The molecule has 0 aliphatic heterocycles. The van der Waals surface area contributed by atoms with E-state index in [-0.39, 0.29) is 61.5 Å². The number of hydrogen-bond acceptors (Lipinski definition) is 6. The average molecular weight is 874 g/mol. The molecule has 62 heavy (non-hydrogen) atoms. The highest BCUT2D eigenvalue weighted by atomic mass is 16.4. The third-order valence-corrected chi connectivity index (χ3v) is 15.8. The highest BCUT2D eigenvalue weighted by Crippen LogP contribution is 2.67. The Labute approximate surface area is 370 Å². The van der Waals surface area contributed by atoms with Crippen LogP contribution in [-0.2, 0) is 28.8 Å². The van der Waals surface area contributed by atoms with Crippen molar-refractivity contribution in [2.24, 2.45) is 46.3 Å². The molecule has 0 radical (unpaired) electrons. The fourth-order valence-electron chi connectivity index (χ4n) is 12.5. The Kier molecular flexibility index (Phi) is 20.2. The van der Waals surface area contributed by atoms with Crippen LogP contribution < -0.4 is 26.2 Å². The largest absolute Gasteiger partial charge is 0.477 e. The number of rotatable bonds is 28. The summed E-state index contributed by atoms with van der Waals surface area (Å²) < 4.78 is 0. The van der Waals surface area contributed by atoms with Crippen molar-refractivity contribution in [2.45, 2.75) is 169 Å². The number of allylic oxidation sites excluding steroid dienone is 1. The van der Waals surface area contributed by atoms with Crippen LogP contribution in [0.5, 0.6) is 0 Å². The van der Waals surface area contributed by atoms with Crippen LogP contribution in [-0.4, -0.2) is 102 Å². The number of fused-ring (bicyclic) bond motifs is 5.